The Kier molecular flexibility index (Phi) is 10.6. The second-order valence-corrected chi connectivity index (χ2v) is 8.28. The van der Waals surface area contributed by atoms with E-state index in [9.17, 15) is 26.3 Å². The molecule has 1 atom stereocenters. The maximum Gasteiger partial charge on any atom is 0.490 e. The number of carboxylic acids is 2. The summed E-state index contributed by atoms with van der Waals surface area (Å²) in [5.41, 5.74) is 1.36. The zero-order chi connectivity index (χ0) is 27.6. The van der Waals surface area contributed by atoms with Gasteiger partial charge in [0.15, 0.2) is 0 Å². The minimum absolute atomic E-state index is 0.618. The summed E-state index contributed by atoms with van der Waals surface area (Å²) in [7, 11) is 0. The first-order chi connectivity index (χ1) is 17.3. The quantitative estimate of drug-likeness (QED) is 0.488. The van der Waals surface area contributed by atoms with E-state index in [1.54, 1.807) is 12.4 Å². The number of nitrogens with zero attached hydrogens (tertiary/aromatic N) is 5. The summed E-state index contributed by atoms with van der Waals surface area (Å²) in [4.78, 5) is 28.9. The molecule has 37 heavy (non-hydrogen) atoms. The molecule has 0 spiro atoms. The zero-order valence-electron chi connectivity index (χ0n) is 19.4. The highest BCUT2D eigenvalue weighted by molar-refractivity contribution is 5.73. The lowest BCUT2D eigenvalue weighted by atomic mass is 9.90. The number of nitrogens with one attached hydrogen (secondary N) is 1. The first-order valence-corrected chi connectivity index (χ1v) is 11.1. The average molecular weight is 540 g/mol. The molecule has 0 amide bonds. The molecule has 1 aliphatic carbocycles. The molecule has 206 valence electrons. The SMILES string of the molecule is O=C(O)C(F)(F)F.O=C(O)C(F)(F)F.c1cnc(NCCC2CN(C3CCC3)Cc3ccnn3C2)nc1. The van der Waals surface area contributed by atoms with Gasteiger partial charge in [-0.3, -0.25) is 9.58 Å². The Morgan fingerprint density at radius 1 is 0.973 bits per heavy atom. The lowest BCUT2D eigenvalue weighted by molar-refractivity contribution is -0.193. The van der Waals surface area contributed by atoms with Crippen molar-refractivity contribution in [3.05, 3.63) is 36.4 Å². The molecule has 1 unspecified atom stereocenters. The van der Waals surface area contributed by atoms with E-state index >= 15 is 0 Å². The van der Waals surface area contributed by atoms with Gasteiger partial charge in [-0.2, -0.15) is 31.4 Å². The molecule has 1 aliphatic heterocycles. The normalized spacial score (nSPS) is 18.1. The van der Waals surface area contributed by atoms with Gasteiger partial charge >= 0.3 is 24.3 Å². The van der Waals surface area contributed by atoms with Crippen molar-refractivity contribution in [2.75, 3.05) is 18.4 Å². The van der Waals surface area contributed by atoms with Gasteiger partial charge in [0.2, 0.25) is 5.95 Å². The molecule has 2 aliphatic rings. The van der Waals surface area contributed by atoms with Gasteiger partial charge in [0, 0.05) is 50.8 Å². The summed E-state index contributed by atoms with van der Waals surface area (Å²) in [6.45, 7) is 4.15. The number of hydrogen-bond acceptors (Lipinski definition) is 7. The molecule has 1 saturated carbocycles. The summed E-state index contributed by atoms with van der Waals surface area (Å²) >= 11 is 0. The van der Waals surface area contributed by atoms with E-state index in [1.807, 2.05) is 12.3 Å². The van der Waals surface area contributed by atoms with E-state index in [2.05, 4.69) is 36.0 Å². The van der Waals surface area contributed by atoms with Crippen LogP contribution in [0.2, 0.25) is 0 Å². The molecule has 0 bridgehead atoms. The van der Waals surface area contributed by atoms with Gasteiger partial charge in [0.25, 0.3) is 0 Å². The highest BCUT2D eigenvalue weighted by atomic mass is 19.4. The number of halogens is 6. The number of aromatic nitrogens is 4. The van der Waals surface area contributed by atoms with Crippen molar-refractivity contribution in [3.63, 3.8) is 0 Å². The number of aliphatic carboxylic acids is 2. The number of carbonyl (C=O) groups is 2. The predicted octanol–water partition coefficient (Wildman–Crippen LogP) is 3.43. The summed E-state index contributed by atoms with van der Waals surface area (Å²) in [5, 5.41) is 22.1. The van der Waals surface area contributed by atoms with Crippen molar-refractivity contribution in [1.82, 2.24) is 24.6 Å². The number of rotatable bonds is 5. The molecule has 3 heterocycles. The minimum Gasteiger partial charge on any atom is -0.475 e. The van der Waals surface area contributed by atoms with Crippen LogP contribution in [0, 0.1) is 5.92 Å². The Hall–Kier alpha value is -3.43. The molecule has 2 aromatic rings. The summed E-state index contributed by atoms with van der Waals surface area (Å²) in [6.07, 6.45) is 0.532. The van der Waals surface area contributed by atoms with E-state index in [-0.39, 0.29) is 0 Å². The van der Waals surface area contributed by atoms with Crippen LogP contribution in [0.4, 0.5) is 32.3 Å². The average Bonchev–Trinajstić information content (AvgIpc) is 3.12. The smallest absolute Gasteiger partial charge is 0.475 e. The van der Waals surface area contributed by atoms with Crippen molar-refractivity contribution in [2.24, 2.45) is 5.92 Å². The highest BCUT2D eigenvalue weighted by Crippen LogP contribution is 2.29. The van der Waals surface area contributed by atoms with E-state index in [0.29, 0.717) is 5.92 Å². The van der Waals surface area contributed by atoms with Crippen LogP contribution in [0.3, 0.4) is 0 Å². The van der Waals surface area contributed by atoms with Crippen LogP contribution in [0.15, 0.2) is 30.7 Å². The van der Waals surface area contributed by atoms with Crippen LogP contribution >= 0.6 is 0 Å². The monoisotopic (exact) mass is 540 g/mol. The fourth-order valence-corrected chi connectivity index (χ4v) is 3.56. The standard InChI is InChI=1S/C17H24N6.2C2HF3O2/c1-3-15(4-1)22-11-14(12-23-16(13-22)6-10-21-23)5-9-20-17-18-7-2-8-19-17;2*3-2(4,5)1(6)7/h2,6-8,10,14-15H,1,3-5,9,11-13H2,(H,18,19,20);2*(H,6,7). The molecule has 16 heteroatoms. The largest absolute Gasteiger partial charge is 0.490 e. The van der Waals surface area contributed by atoms with E-state index < -0.39 is 24.3 Å². The van der Waals surface area contributed by atoms with Gasteiger partial charge in [0.05, 0.1) is 5.69 Å². The van der Waals surface area contributed by atoms with Gasteiger partial charge in [0.1, 0.15) is 0 Å². The summed E-state index contributed by atoms with van der Waals surface area (Å²) in [5.74, 6) is -4.18. The van der Waals surface area contributed by atoms with Crippen molar-refractivity contribution in [2.45, 2.75) is 57.2 Å². The van der Waals surface area contributed by atoms with Crippen LogP contribution in [-0.4, -0.2) is 78.3 Å². The summed E-state index contributed by atoms with van der Waals surface area (Å²) < 4.78 is 65.7. The van der Waals surface area contributed by atoms with E-state index in [0.717, 1.165) is 38.0 Å². The Balaban J connectivity index is 0.000000286. The fourth-order valence-electron chi connectivity index (χ4n) is 3.56. The van der Waals surface area contributed by atoms with Gasteiger partial charge in [-0.1, -0.05) is 6.42 Å². The number of anilines is 1. The molecule has 0 saturated heterocycles. The van der Waals surface area contributed by atoms with Gasteiger partial charge in [-0.05, 0) is 37.3 Å². The molecule has 0 radical (unpaired) electrons. The van der Waals surface area contributed by atoms with Crippen molar-refractivity contribution < 1.29 is 46.1 Å². The third-order valence-corrected chi connectivity index (χ3v) is 5.57. The lowest BCUT2D eigenvalue weighted by Gasteiger charge is -2.38. The molecule has 1 fully saturated rings. The number of fused-ring (bicyclic) bond motifs is 1. The first kappa shape index (κ1) is 29.8. The van der Waals surface area contributed by atoms with E-state index in [4.69, 9.17) is 19.8 Å². The second kappa shape index (κ2) is 13.2. The van der Waals surface area contributed by atoms with Crippen LogP contribution in [0.1, 0.15) is 31.4 Å². The lowest BCUT2D eigenvalue weighted by Crippen LogP contribution is -2.41. The Bertz CT molecular complexity index is 973. The first-order valence-electron chi connectivity index (χ1n) is 11.1. The Morgan fingerprint density at radius 3 is 2.03 bits per heavy atom. The van der Waals surface area contributed by atoms with Crippen LogP contribution in [0.5, 0.6) is 0 Å². The minimum atomic E-state index is -5.08. The number of carboxylic acid groups (broad SMARTS) is 2. The fraction of sp³-hybridized carbons (Fsp3) is 0.571. The summed E-state index contributed by atoms with van der Waals surface area (Å²) in [6, 6.07) is 4.79. The molecular weight excluding hydrogens is 514 g/mol. The molecular formula is C21H26F6N6O4. The highest BCUT2D eigenvalue weighted by Gasteiger charge is 2.39. The van der Waals surface area contributed by atoms with Crippen molar-refractivity contribution >= 4 is 17.9 Å². The van der Waals surface area contributed by atoms with Gasteiger partial charge in [-0.15, -0.1) is 0 Å². The molecule has 10 nitrogen and oxygen atoms in total. The third kappa shape index (κ3) is 10.2. The molecule has 4 rings (SSSR count). The third-order valence-electron chi connectivity index (χ3n) is 5.57. The maximum atomic E-state index is 10.6. The Morgan fingerprint density at radius 2 is 1.54 bits per heavy atom. The van der Waals surface area contributed by atoms with Crippen molar-refractivity contribution in [1.29, 1.82) is 0 Å². The van der Waals surface area contributed by atoms with Crippen LogP contribution < -0.4 is 5.32 Å². The molecule has 3 N–H and O–H groups in total. The Labute approximate surface area is 207 Å². The topological polar surface area (TPSA) is 133 Å². The maximum absolute atomic E-state index is 10.6. The van der Waals surface area contributed by atoms with Crippen LogP contribution in [0.25, 0.3) is 0 Å². The zero-order valence-corrected chi connectivity index (χ0v) is 19.4. The number of alkyl halides is 6. The molecule has 2 aromatic heterocycles. The predicted molar refractivity (Wildman–Crippen MR) is 116 cm³/mol. The number of hydrogen-bond donors (Lipinski definition) is 3. The molecule has 0 aromatic carbocycles. The van der Waals surface area contributed by atoms with E-state index in [1.165, 1.54) is 31.5 Å². The van der Waals surface area contributed by atoms with Gasteiger partial charge in [-0.25, -0.2) is 19.6 Å². The second-order valence-electron chi connectivity index (χ2n) is 8.28. The van der Waals surface area contributed by atoms with Crippen LogP contribution in [-0.2, 0) is 22.7 Å². The van der Waals surface area contributed by atoms with Gasteiger partial charge < -0.3 is 15.5 Å². The van der Waals surface area contributed by atoms with Crippen molar-refractivity contribution in [3.8, 4) is 0 Å².